The Balaban J connectivity index is 1.36. The van der Waals surface area contributed by atoms with Crippen molar-refractivity contribution in [3.05, 3.63) is 47.2 Å². The minimum Gasteiger partial charge on any atom is -0.451 e. The Labute approximate surface area is 150 Å². The summed E-state index contributed by atoms with van der Waals surface area (Å²) >= 11 is 6.16. The molecule has 1 aromatic carbocycles. The van der Waals surface area contributed by atoms with E-state index in [2.05, 4.69) is 5.32 Å². The maximum absolute atomic E-state index is 12.3. The molecule has 1 unspecified atom stereocenters. The van der Waals surface area contributed by atoms with Crippen molar-refractivity contribution in [3.63, 3.8) is 0 Å². The van der Waals surface area contributed by atoms with Crippen LogP contribution in [0.3, 0.4) is 0 Å². The fraction of sp³-hybridized carbons (Fsp3) is 0.368. The van der Waals surface area contributed by atoms with Crippen LogP contribution in [0.15, 0.2) is 40.8 Å². The van der Waals surface area contributed by atoms with E-state index < -0.39 is 0 Å². The summed E-state index contributed by atoms with van der Waals surface area (Å²) in [5.41, 5.74) is 0.754. The first-order chi connectivity index (χ1) is 12.1. The highest BCUT2D eigenvalue weighted by Gasteiger charge is 2.39. The van der Waals surface area contributed by atoms with Gasteiger partial charge < -0.3 is 14.6 Å². The zero-order valence-electron chi connectivity index (χ0n) is 13.7. The van der Waals surface area contributed by atoms with Crippen LogP contribution in [-0.2, 0) is 4.79 Å². The molecule has 130 valence electrons. The molecule has 0 radical (unpaired) electrons. The van der Waals surface area contributed by atoms with Crippen molar-refractivity contribution < 1.29 is 14.0 Å². The molecule has 2 aromatic rings. The molecule has 4 rings (SSSR count). The van der Waals surface area contributed by atoms with Crippen LogP contribution in [0, 0.1) is 5.92 Å². The Hall–Kier alpha value is -2.27. The van der Waals surface area contributed by atoms with Crippen molar-refractivity contribution in [2.45, 2.75) is 25.3 Å². The lowest BCUT2D eigenvalue weighted by molar-refractivity contribution is -0.128. The average molecular weight is 359 g/mol. The number of carbonyl (C=O) groups excluding carboxylic acids is 2. The second-order valence-corrected chi connectivity index (χ2v) is 7.11. The Morgan fingerprint density at radius 3 is 2.80 bits per heavy atom. The molecule has 1 N–H and O–H groups in total. The fourth-order valence-corrected chi connectivity index (χ4v) is 3.50. The Morgan fingerprint density at radius 2 is 2.04 bits per heavy atom. The van der Waals surface area contributed by atoms with Crippen molar-refractivity contribution >= 4 is 23.4 Å². The molecule has 1 atom stereocenters. The maximum Gasteiger partial charge on any atom is 0.287 e. The molecule has 25 heavy (non-hydrogen) atoms. The largest absolute Gasteiger partial charge is 0.451 e. The summed E-state index contributed by atoms with van der Waals surface area (Å²) in [4.78, 5) is 26.2. The standard InChI is InChI=1S/C19H19ClN2O3/c20-15-4-2-1-3-14(15)16-7-8-17(25-16)19(24)21-10-12-9-18(23)22(11-12)13-5-6-13/h1-4,7-8,12-13H,5-6,9-11H2,(H,21,24). The number of carbonyl (C=O) groups is 2. The summed E-state index contributed by atoms with van der Waals surface area (Å²) in [5, 5.41) is 3.45. The first-order valence-electron chi connectivity index (χ1n) is 8.54. The summed E-state index contributed by atoms with van der Waals surface area (Å²) in [5.74, 6) is 0.927. The summed E-state index contributed by atoms with van der Waals surface area (Å²) in [6.45, 7) is 1.22. The molecular weight excluding hydrogens is 340 g/mol. The topological polar surface area (TPSA) is 62.6 Å². The third-order valence-corrected chi connectivity index (χ3v) is 5.08. The van der Waals surface area contributed by atoms with Crippen LogP contribution in [0.25, 0.3) is 11.3 Å². The molecule has 1 saturated heterocycles. The molecule has 6 heteroatoms. The van der Waals surface area contributed by atoms with E-state index >= 15 is 0 Å². The molecule has 1 aliphatic heterocycles. The fourth-order valence-electron chi connectivity index (χ4n) is 3.27. The third-order valence-electron chi connectivity index (χ3n) is 4.75. The highest BCUT2D eigenvalue weighted by Crippen LogP contribution is 2.32. The molecule has 1 saturated carbocycles. The monoisotopic (exact) mass is 358 g/mol. The van der Waals surface area contributed by atoms with Gasteiger partial charge in [-0.05, 0) is 37.1 Å². The van der Waals surface area contributed by atoms with Gasteiger partial charge in [-0.25, -0.2) is 0 Å². The van der Waals surface area contributed by atoms with Crippen molar-refractivity contribution in [3.8, 4) is 11.3 Å². The van der Waals surface area contributed by atoms with Crippen molar-refractivity contribution in [1.29, 1.82) is 0 Å². The van der Waals surface area contributed by atoms with E-state index in [9.17, 15) is 9.59 Å². The van der Waals surface area contributed by atoms with Gasteiger partial charge in [-0.15, -0.1) is 0 Å². The normalized spacial score (nSPS) is 20.1. The van der Waals surface area contributed by atoms with Gasteiger partial charge in [0.15, 0.2) is 5.76 Å². The molecule has 2 fully saturated rings. The molecule has 1 aliphatic carbocycles. The van der Waals surface area contributed by atoms with Crippen LogP contribution in [0.2, 0.25) is 5.02 Å². The number of nitrogens with zero attached hydrogens (tertiary/aromatic N) is 1. The zero-order chi connectivity index (χ0) is 17.4. The molecule has 1 aromatic heterocycles. The van der Waals surface area contributed by atoms with Crippen LogP contribution in [0.1, 0.15) is 29.8 Å². The van der Waals surface area contributed by atoms with E-state index in [1.54, 1.807) is 18.2 Å². The van der Waals surface area contributed by atoms with E-state index in [4.69, 9.17) is 16.0 Å². The summed E-state index contributed by atoms with van der Waals surface area (Å²) in [6, 6.07) is 11.2. The SMILES string of the molecule is O=C(NCC1CC(=O)N(C2CC2)C1)c1ccc(-c2ccccc2Cl)o1. The van der Waals surface area contributed by atoms with Gasteiger partial charge in [-0.3, -0.25) is 9.59 Å². The van der Waals surface area contributed by atoms with Gasteiger partial charge in [0, 0.05) is 37.0 Å². The summed E-state index contributed by atoms with van der Waals surface area (Å²) in [7, 11) is 0. The van der Waals surface area contributed by atoms with Crippen LogP contribution in [-0.4, -0.2) is 35.8 Å². The third kappa shape index (κ3) is 3.42. The van der Waals surface area contributed by atoms with Gasteiger partial charge in [-0.2, -0.15) is 0 Å². The summed E-state index contributed by atoms with van der Waals surface area (Å²) < 4.78 is 5.64. The Kier molecular flexibility index (Phi) is 4.25. The highest BCUT2D eigenvalue weighted by atomic mass is 35.5. The number of rotatable bonds is 5. The Morgan fingerprint density at radius 1 is 1.24 bits per heavy atom. The van der Waals surface area contributed by atoms with Crippen LogP contribution < -0.4 is 5.32 Å². The quantitative estimate of drug-likeness (QED) is 0.891. The lowest BCUT2D eigenvalue weighted by Gasteiger charge is -2.15. The predicted molar refractivity (Wildman–Crippen MR) is 94.3 cm³/mol. The molecular formula is C19H19ClN2O3. The molecule has 2 heterocycles. The van der Waals surface area contributed by atoms with Crippen molar-refractivity contribution in [2.75, 3.05) is 13.1 Å². The van der Waals surface area contributed by atoms with Crippen LogP contribution in [0.5, 0.6) is 0 Å². The summed E-state index contributed by atoms with van der Waals surface area (Å²) in [6.07, 6.45) is 2.74. The highest BCUT2D eigenvalue weighted by molar-refractivity contribution is 6.33. The number of benzene rings is 1. The van der Waals surface area contributed by atoms with E-state index in [1.807, 2.05) is 23.1 Å². The Bertz CT molecular complexity index is 813. The number of halogens is 1. The van der Waals surface area contributed by atoms with Crippen molar-refractivity contribution in [1.82, 2.24) is 10.2 Å². The molecule has 5 nitrogen and oxygen atoms in total. The van der Waals surface area contributed by atoms with Gasteiger partial charge in [0.25, 0.3) is 5.91 Å². The number of likely N-dealkylation sites (tertiary alicyclic amines) is 1. The van der Waals surface area contributed by atoms with Crippen molar-refractivity contribution in [2.24, 2.45) is 5.92 Å². The lowest BCUT2D eigenvalue weighted by atomic mass is 10.1. The number of hydrogen-bond donors (Lipinski definition) is 1. The van der Waals surface area contributed by atoms with Gasteiger partial charge in [-0.1, -0.05) is 23.7 Å². The number of nitrogens with one attached hydrogen (secondary N) is 1. The number of hydrogen-bond acceptors (Lipinski definition) is 3. The van der Waals surface area contributed by atoms with E-state index in [-0.39, 0.29) is 23.5 Å². The van der Waals surface area contributed by atoms with Gasteiger partial charge in [0.1, 0.15) is 5.76 Å². The van der Waals surface area contributed by atoms with E-state index in [1.165, 1.54) is 0 Å². The zero-order valence-corrected chi connectivity index (χ0v) is 14.5. The first kappa shape index (κ1) is 16.2. The molecule has 0 spiro atoms. The smallest absolute Gasteiger partial charge is 0.287 e. The van der Waals surface area contributed by atoms with Crippen LogP contribution in [0.4, 0.5) is 0 Å². The molecule has 2 amide bonds. The predicted octanol–water partition coefficient (Wildman–Crippen LogP) is 3.34. The first-order valence-corrected chi connectivity index (χ1v) is 8.92. The van der Waals surface area contributed by atoms with Gasteiger partial charge in [0.2, 0.25) is 5.91 Å². The molecule has 2 aliphatic rings. The number of amides is 2. The van der Waals surface area contributed by atoms with E-state index in [0.717, 1.165) is 24.9 Å². The second kappa shape index (κ2) is 6.56. The molecule has 0 bridgehead atoms. The second-order valence-electron chi connectivity index (χ2n) is 6.70. The lowest BCUT2D eigenvalue weighted by Crippen LogP contribution is -2.31. The van der Waals surface area contributed by atoms with Gasteiger partial charge in [0.05, 0.1) is 5.02 Å². The van der Waals surface area contributed by atoms with Crippen LogP contribution >= 0.6 is 11.6 Å². The minimum absolute atomic E-state index is 0.176. The minimum atomic E-state index is -0.268. The number of furan rings is 1. The van der Waals surface area contributed by atoms with E-state index in [0.29, 0.717) is 29.8 Å². The van der Waals surface area contributed by atoms with Gasteiger partial charge >= 0.3 is 0 Å². The average Bonchev–Trinajstić information content (AvgIpc) is 3.20. The maximum atomic E-state index is 12.3.